The molecule has 0 amide bonds. The van der Waals surface area contributed by atoms with Gasteiger partial charge in [0.05, 0.1) is 5.52 Å². The molecular weight excluding hydrogens is 484 g/mol. The Kier molecular flexibility index (Phi) is 8.31. The molecule has 0 saturated carbocycles. The van der Waals surface area contributed by atoms with E-state index in [4.69, 9.17) is 31.6 Å². The molecule has 3 heterocycles. The van der Waals surface area contributed by atoms with Gasteiger partial charge in [-0.05, 0) is 56.3 Å². The number of amidine groups is 1. The molecule has 3 aromatic rings. The van der Waals surface area contributed by atoms with Crippen molar-refractivity contribution < 1.29 is 14.4 Å². The molecule has 36 heavy (non-hydrogen) atoms. The number of carbonyl (C=O) groups is 1. The van der Waals surface area contributed by atoms with E-state index in [0.717, 1.165) is 54.0 Å². The van der Waals surface area contributed by atoms with Gasteiger partial charge < -0.3 is 31.7 Å². The van der Waals surface area contributed by atoms with Gasteiger partial charge in [0, 0.05) is 16.8 Å². The predicted octanol–water partition coefficient (Wildman–Crippen LogP) is 2.11. The Morgan fingerprint density at radius 1 is 1.31 bits per heavy atom. The number of anilines is 2. The van der Waals surface area contributed by atoms with Gasteiger partial charge in [0.25, 0.3) is 0 Å². The van der Waals surface area contributed by atoms with Crippen LogP contribution in [0.3, 0.4) is 0 Å². The number of thiazole rings is 1. The lowest BCUT2D eigenvalue weighted by Crippen LogP contribution is -2.35. The van der Waals surface area contributed by atoms with Gasteiger partial charge in [-0.3, -0.25) is 4.79 Å². The second-order valence-corrected chi connectivity index (χ2v) is 8.80. The van der Waals surface area contributed by atoms with Crippen LogP contribution in [0.15, 0.2) is 51.2 Å². The second-order valence-electron chi connectivity index (χ2n) is 7.91. The molecule has 4 rings (SSSR count). The van der Waals surface area contributed by atoms with Gasteiger partial charge in [0.1, 0.15) is 23.9 Å². The number of aldehydes is 1. The number of oxime groups is 1. The molecule has 1 saturated heterocycles. The number of fused-ring (bicyclic) bond motifs is 1. The number of nitrogens with zero attached hydrogens (tertiary/aromatic N) is 5. The number of benzene rings is 1. The summed E-state index contributed by atoms with van der Waals surface area (Å²) in [5.41, 5.74) is 19.4. The number of nitrogens with one attached hydrogen (secondary N) is 3. The minimum Gasteiger partial charge on any atom is -0.489 e. The summed E-state index contributed by atoms with van der Waals surface area (Å²) in [4.78, 5) is 25.5. The lowest BCUT2D eigenvalue weighted by atomic mass is 10.1. The molecule has 0 aliphatic carbocycles. The van der Waals surface area contributed by atoms with E-state index in [-0.39, 0.29) is 29.0 Å². The minimum absolute atomic E-state index is 0.0748. The van der Waals surface area contributed by atoms with Crippen molar-refractivity contribution in [2.45, 2.75) is 25.0 Å². The summed E-state index contributed by atoms with van der Waals surface area (Å²) >= 11 is 1.16. The Morgan fingerprint density at radius 3 is 2.86 bits per heavy atom. The summed E-state index contributed by atoms with van der Waals surface area (Å²) in [5.74, 6) is 1.23. The van der Waals surface area contributed by atoms with Gasteiger partial charge in [-0.25, -0.2) is 9.97 Å². The number of carbonyl (C=O) groups excluding carboxylic acids is 1. The monoisotopic (exact) mass is 510 g/mol. The smallest absolute Gasteiger partial charge is 0.219 e. The van der Waals surface area contributed by atoms with Crippen molar-refractivity contribution in [2.24, 2.45) is 21.2 Å². The van der Waals surface area contributed by atoms with Crippen LogP contribution in [-0.4, -0.2) is 59.6 Å². The summed E-state index contributed by atoms with van der Waals surface area (Å²) in [7, 11) is 0. The molecule has 7 N–H and O–H groups in total. The quantitative estimate of drug-likeness (QED) is 0.0842. The molecule has 188 valence electrons. The zero-order valence-electron chi connectivity index (χ0n) is 19.3. The van der Waals surface area contributed by atoms with Crippen LogP contribution in [0.1, 0.15) is 18.5 Å². The second kappa shape index (κ2) is 12.0. The van der Waals surface area contributed by atoms with Crippen molar-refractivity contribution in [3.63, 3.8) is 0 Å². The summed E-state index contributed by atoms with van der Waals surface area (Å²) in [6.45, 7) is 1.90. The number of ether oxygens (including phenoxy) is 1. The van der Waals surface area contributed by atoms with Crippen LogP contribution in [-0.2, 0) is 9.63 Å². The fraction of sp³-hybridized carbons (Fsp3) is 0.318. The number of nitrogens with two attached hydrogens (primary N) is 2. The van der Waals surface area contributed by atoms with Crippen molar-refractivity contribution in [1.82, 2.24) is 15.3 Å². The third-order valence-corrected chi connectivity index (χ3v) is 6.10. The standard InChI is InChI=1S/C22H26N10O3S/c23-21(30-32-25)19(35-31-17(10-33)18-12-36-22(24)29-18)11-34-15-2-3-16-13(9-15)1-4-20(28-16)27-14-5-7-26-8-6-14/h1-4,9-10,12,14,19,26H,5-8,11H2,(H2,24,29)(H,27,28)(H3,23,25,30)/b31-17+. The van der Waals surface area contributed by atoms with Crippen LogP contribution in [0, 0.1) is 5.53 Å². The fourth-order valence-corrected chi connectivity index (χ4v) is 4.12. The molecule has 2 aromatic heterocycles. The van der Waals surface area contributed by atoms with E-state index in [9.17, 15) is 4.79 Å². The van der Waals surface area contributed by atoms with E-state index < -0.39 is 6.10 Å². The number of nitrogen functional groups attached to an aromatic ring is 1. The number of rotatable bonds is 11. The van der Waals surface area contributed by atoms with Crippen molar-refractivity contribution in [1.29, 1.82) is 5.53 Å². The minimum atomic E-state index is -1.02. The molecule has 1 aliphatic heterocycles. The average Bonchev–Trinajstić information content (AvgIpc) is 3.32. The largest absolute Gasteiger partial charge is 0.489 e. The molecule has 0 bridgehead atoms. The van der Waals surface area contributed by atoms with E-state index in [1.54, 1.807) is 11.4 Å². The molecule has 1 aromatic carbocycles. The SMILES string of the molecule is N=NN=C(N)C(COc1ccc2nc(NC3CCNCC3)ccc2c1)O/N=C(\C=O)c1csc(N)n1. The molecule has 1 unspecified atom stereocenters. The molecular formula is C22H26N10O3S. The van der Waals surface area contributed by atoms with Crippen LogP contribution >= 0.6 is 11.3 Å². The summed E-state index contributed by atoms with van der Waals surface area (Å²) in [6, 6.07) is 9.81. The van der Waals surface area contributed by atoms with Gasteiger partial charge >= 0.3 is 0 Å². The number of hydrogen-bond acceptors (Lipinski definition) is 12. The van der Waals surface area contributed by atoms with Gasteiger partial charge in [-0.1, -0.05) is 10.4 Å². The van der Waals surface area contributed by atoms with Gasteiger partial charge in [0.15, 0.2) is 23.0 Å². The lowest BCUT2D eigenvalue weighted by Gasteiger charge is -2.24. The molecule has 0 spiro atoms. The maximum Gasteiger partial charge on any atom is 0.219 e. The Labute approximate surface area is 210 Å². The Bertz CT molecular complexity index is 1270. The highest BCUT2D eigenvalue weighted by atomic mass is 32.1. The number of pyridine rings is 1. The van der Waals surface area contributed by atoms with Crippen LogP contribution in [0.5, 0.6) is 5.75 Å². The van der Waals surface area contributed by atoms with E-state index in [1.165, 1.54) is 0 Å². The van der Waals surface area contributed by atoms with E-state index in [1.807, 2.05) is 24.3 Å². The maximum absolute atomic E-state index is 11.4. The zero-order valence-corrected chi connectivity index (χ0v) is 20.1. The maximum atomic E-state index is 11.4. The molecule has 14 heteroatoms. The molecule has 0 radical (unpaired) electrons. The van der Waals surface area contributed by atoms with Crippen LogP contribution in [0.2, 0.25) is 0 Å². The number of hydrogen-bond donors (Lipinski definition) is 5. The average molecular weight is 511 g/mol. The van der Waals surface area contributed by atoms with Crippen molar-refractivity contribution in [3.8, 4) is 5.75 Å². The van der Waals surface area contributed by atoms with Gasteiger partial charge in [0.2, 0.25) is 6.10 Å². The normalized spacial score (nSPS) is 15.9. The van der Waals surface area contributed by atoms with Crippen molar-refractivity contribution in [3.05, 3.63) is 41.4 Å². The highest BCUT2D eigenvalue weighted by Gasteiger charge is 2.19. The van der Waals surface area contributed by atoms with E-state index in [2.05, 4.69) is 31.1 Å². The molecule has 1 atom stereocenters. The molecule has 1 aliphatic rings. The first-order chi connectivity index (χ1) is 17.6. The Balaban J connectivity index is 1.43. The fourth-order valence-electron chi connectivity index (χ4n) is 3.57. The van der Waals surface area contributed by atoms with Gasteiger partial charge in [-0.15, -0.1) is 16.4 Å². The third-order valence-electron chi connectivity index (χ3n) is 5.42. The van der Waals surface area contributed by atoms with E-state index >= 15 is 0 Å². The summed E-state index contributed by atoms with van der Waals surface area (Å²) < 4.78 is 5.84. The van der Waals surface area contributed by atoms with Crippen molar-refractivity contribution >= 4 is 51.0 Å². The topological polar surface area (TPSA) is 198 Å². The summed E-state index contributed by atoms with van der Waals surface area (Å²) in [6.07, 6.45) is 1.59. The zero-order chi connectivity index (χ0) is 25.3. The van der Waals surface area contributed by atoms with E-state index in [0.29, 0.717) is 18.1 Å². The van der Waals surface area contributed by atoms with Crippen molar-refractivity contribution in [2.75, 3.05) is 30.7 Å². The first-order valence-electron chi connectivity index (χ1n) is 11.2. The van der Waals surface area contributed by atoms with Gasteiger partial charge in [-0.2, -0.15) is 5.53 Å². The molecule has 1 fully saturated rings. The van der Waals surface area contributed by atoms with Crippen LogP contribution in [0.4, 0.5) is 10.9 Å². The van der Waals surface area contributed by atoms with Crippen LogP contribution in [0.25, 0.3) is 10.9 Å². The Morgan fingerprint density at radius 2 is 2.14 bits per heavy atom. The molecule has 13 nitrogen and oxygen atoms in total. The Hall–Kier alpha value is -4.17. The van der Waals surface area contributed by atoms with Crippen LogP contribution < -0.4 is 26.8 Å². The first-order valence-corrected chi connectivity index (χ1v) is 12.0. The highest BCUT2D eigenvalue weighted by Crippen LogP contribution is 2.23. The number of piperidine rings is 1. The summed E-state index contributed by atoms with van der Waals surface area (Å²) in [5, 5.41) is 19.8. The highest BCUT2D eigenvalue weighted by molar-refractivity contribution is 7.13. The first kappa shape index (κ1) is 24.9. The predicted molar refractivity (Wildman–Crippen MR) is 138 cm³/mol. The number of aromatic nitrogens is 2. The third kappa shape index (κ3) is 6.49. The lowest BCUT2D eigenvalue weighted by molar-refractivity contribution is -0.102.